The smallest absolute Gasteiger partial charge is 0.187 e. The fraction of sp³-hybridized carbons (Fsp3) is 0.0667. The lowest BCUT2D eigenvalue weighted by atomic mass is 10.2. The number of anilines is 1. The molecule has 1 aromatic carbocycles. The van der Waals surface area contributed by atoms with Crippen LogP contribution in [0.3, 0.4) is 0 Å². The molecule has 0 saturated heterocycles. The summed E-state index contributed by atoms with van der Waals surface area (Å²) in [6, 6.07) is 8.22. The standard InChI is InChI=1S/C15H11FN6S/c16-10-3-1-2-9(6-10)7-22-8-11-13(17)18-15(19-14(11)20-22)12-4-5-23-21-12/h1-6,8H,7H2,(H2,17,18,19,20). The van der Waals surface area contributed by atoms with Crippen molar-refractivity contribution in [1.29, 1.82) is 0 Å². The van der Waals surface area contributed by atoms with E-state index in [1.165, 1.54) is 23.7 Å². The van der Waals surface area contributed by atoms with Gasteiger partial charge in [-0.1, -0.05) is 12.1 Å². The van der Waals surface area contributed by atoms with Gasteiger partial charge in [-0.15, -0.1) is 0 Å². The molecule has 6 nitrogen and oxygen atoms in total. The Balaban J connectivity index is 1.74. The van der Waals surface area contributed by atoms with Crippen LogP contribution >= 0.6 is 11.5 Å². The predicted molar refractivity (Wildman–Crippen MR) is 86.3 cm³/mol. The highest BCUT2D eigenvalue weighted by atomic mass is 32.1. The number of nitrogens with zero attached hydrogens (tertiary/aromatic N) is 5. The van der Waals surface area contributed by atoms with Crippen molar-refractivity contribution in [3.8, 4) is 11.5 Å². The Morgan fingerprint density at radius 1 is 1.22 bits per heavy atom. The van der Waals surface area contributed by atoms with Crippen LogP contribution in [0.5, 0.6) is 0 Å². The summed E-state index contributed by atoms with van der Waals surface area (Å²) in [7, 11) is 0. The van der Waals surface area contributed by atoms with Gasteiger partial charge in [-0.05, 0) is 35.3 Å². The van der Waals surface area contributed by atoms with Gasteiger partial charge in [0.25, 0.3) is 0 Å². The first-order valence-corrected chi connectivity index (χ1v) is 7.68. The Kier molecular flexibility index (Phi) is 3.23. The molecule has 0 aliphatic carbocycles. The third-order valence-electron chi connectivity index (χ3n) is 3.36. The van der Waals surface area contributed by atoms with Crippen LogP contribution in [0.2, 0.25) is 0 Å². The summed E-state index contributed by atoms with van der Waals surface area (Å²) >= 11 is 1.32. The Hall–Kier alpha value is -2.87. The van der Waals surface area contributed by atoms with Crippen molar-refractivity contribution >= 4 is 28.4 Å². The summed E-state index contributed by atoms with van der Waals surface area (Å²) < 4.78 is 19.1. The number of nitrogen functional groups attached to an aromatic ring is 1. The van der Waals surface area contributed by atoms with Crippen LogP contribution in [0.15, 0.2) is 41.9 Å². The van der Waals surface area contributed by atoms with Crippen molar-refractivity contribution in [2.45, 2.75) is 6.54 Å². The Morgan fingerprint density at radius 3 is 2.91 bits per heavy atom. The summed E-state index contributed by atoms with van der Waals surface area (Å²) in [6.07, 6.45) is 1.76. The van der Waals surface area contributed by atoms with E-state index in [-0.39, 0.29) is 5.82 Å². The van der Waals surface area contributed by atoms with Gasteiger partial charge < -0.3 is 5.73 Å². The molecule has 114 valence electrons. The topological polar surface area (TPSA) is 82.5 Å². The van der Waals surface area contributed by atoms with Crippen molar-refractivity contribution in [1.82, 2.24) is 24.1 Å². The van der Waals surface area contributed by atoms with Gasteiger partial charge in [-0.3, -0.25) is 4.68 Å². The van der Waals surface area contributed by atoms with Crippen molar-refractivity contribution in [3.63, 3.8) is 0 Å². The van der Waals surface area contributed by atoms with E-state index in [1.54, 1.807) is 16.9 Å². The minimum Gasteiger partial charge on any atom is -0.383 e. The maximum Gasteiger partial charge on any atom is 0.187 e. The predicted octanol–water partition coefficient (Wildman–Crippen LogP) is 2.72. The van der Waals surface area contributed by atoms with E-state index in [1.807, 2.05) is 17.5 Å². The van der Waals surface area contributed by atoms with Gasteiger partial charge in [-0.25, -0.2) is 14.4 Å². The summed E-state index contributed by atoms with van der Waals surface area (Å²) in [5, 5.41) is 6.92. The Labute approximate surface area is 134 Å². The minimum atomic E-state index is -0.274. The normalized spacial score (nSPS) is 11.2. The van der Waals surface area contributed by atoms with E-state index < -0.39 is 0 Å². The van der Waals surface area contributed by atoms with Gasteiger partial charge in [-0.2, -0.15) is 9.47 Å². The van der Waals surface area contributed by atoms with Crippen molar-refractivity contribution in [3.05, 3.63) is 53.3 Å². The van der Waals surface area contributed by atoms with E-state index in [2.05, 4.69) is 19.4 Å². The maximum atomic E-state index is 13.3. The molecule has 3 heterocycles. The lowest BCUT2D eigenvalue weighted by molar-refractivity contribution is 0.620. The summed E-state index contributed by atoms with van der Waals surface area (Å²) in [5.41, 5.74) is 7.98. The van der Waals surface area contributed by atoms with E-state index in [0.717, 1.165) is 5.56 Å². The molecule has 3 aromatic heterocycles. The van der Waals surface area contributed by atoms with E-state index >= 15 is 0 Å². The molecule has 8 heteroatoms. The van der Waals surface area contributed by atoms with Crippen LogP contribution in [-0.2, 0) is 6.54 Å². The average molecular weight is 326 g/mol. The summed E-state index contributed by atoms with van der Waals surface area (Å²) in [4.78, 5) is 8.68. The van der Waals surface area contributed by atoms with Gasteiger partial charge in [0.15, 0.2) is 11.5 Å². The van der Waals surface area contributed by atoms with Gasteiger partial charge in [0, 0.05) is 11.6 Å². The highest BCUT2D eigenvalue weighted by molar-refractivity contribution is 7.03. The Morgan fingerprint density at radius 2 is 2.13 bits per heavy atom. The largest absolute Gasteiger partial charge is 0.383 e. The van der Waals surface area contributed by atoms with Crippen LogP contribution in [-0.4, -0.2) is 24.1 Å². The van der Waals surface area contributed by atoms with Crippen LogP contribution in [0.4, 0.5) is 10.2 Å². The van der Waals surface area contributed by atoms with Gasteiger partial charge >= 0.3 is 0 Å². The first-order valence-electron chi connectivity index (χ1n) is 6.85. The van der Waals surface area contributed by atoms with Crippen molar-refractivity contribution in [2.75, 3.05) is 5.73 Å². The molecular weight excluding hydrogens is 315 g/mol. The van der Waals surface area contributed by atoms with E-state index in [4.69, 9.17) is 5.73 Å². The average Bonchev–Trinajstić information content (AvgIpc) is 3.16. The second-order valence-electron chi connectivity index (χ2n) is 5.01. The maximum absolute atomic E-state index is 13.3. The molecule has 0 aliphatic rings. The first kappa shape index (κ1) is 13.8. The van der Waals surface area contributed by atoms with E-state index in [0.29, 0.717) is 34.9 Å². The third-order valence-corrected chi connectivity index (χ3v) is 3.92. The number of rotatable bonds is 3. The number of hydrogen-bond donors (Lipinski definition) is 1. The fourth-order valence-electron chi connectivity index (χ4n) is 2.32. The van der Waals surface area contributed by atoms with Gasteiger partial charge in [0.05, 0.1) is 11.9 Å². The highest BCUT2D eigenvalue weighted by Gasteiger charge is 2.12. The molecule has 0 spiro atoms. The molecule has 4 rings (SSSR count). The SMILES string of the molecule is Nc1nc(-c2ccsn2)nc2nn(Cc3cccc(F)c3)cc12. The van der Waals surface area contributed by atoms with Crippen molar-refractivity contribution < 1.29 is 4.39 Å². The van der Waals surface area contributed by atoms with Crippen LogP contribution in [0.25, 0.3) is 22.6 Å². The lowest BCUT2D eigenvalue weighted by Gasteiger charge is -2.00. The second-order valence-corrected chi connectivity index (χ2v) is 5.68. The number of nitrogens with two attached hydrogens (primary N) is 1. The van der Waals surface area contributed by atoms with Crippen molar-refractivity contribution in [2.24, 2.45) is 0 Å². The molecule has 4 aromatic rings. The molecule has 0 amide bonds. The molecule has 0 saturated carbocycles. The fourth-order valence-corrected chi connectivity index (χ4v) is 2.83. The summed E-state index contributed by atoms with van der Waals surface area (Å²) in [5.74, 6) is 0.528. The number of fused-ring (bicyclic) bond motifs is 1. The molecule has 0 fully saturated rings. The third kappa shape index (κ3) is 2.64. The van der Waals surface area contributed by atoms with Crippen LogP contribution < -0.4 is 5.73 Å². The molecule has 23 heavy (non-hydrogen) atoms. The molecule has 0 unspecified atom stereocenters. The lowest BCUT2D eigenvalue weighted by Crippen LogP contribution is -2.00. The molecule has 0 atom stereocenters. The molecule has 0 radical (unpaired) electrons. The van der Waals surface area contributed by atoms with Gasteiger partial charge in [0.1, 0.15) is 17.3 Å². The summed E-state index contributed by atoms with van der Waals surface area (Å²) in [6.45, 7) is 0.430. The monoisotopic (exact) mass is 326 g/mol. The minimum absolute atomic E-state index is 0.274. The Bertz CT molecular complexity index is 979. The zero-order valence-corrected chi connectivity index (χ0v) is 12.7. The number of aromatic nitrogens is 5. The second kappa shape index (κ2) is 5.40. The van der Waals surface area contributed by atoms with E-state index in [9.17, 15) is 4.39 Å². The molecule has 0 aliphatic heterocycles. The van der Waals surface area contributed by atoms with Crippen LogP contribution in [0, 0.1) is 5.82 Å². The molecule has 2 N–H and O–H groups in total. The zero-order chi connectivity index (χ0) is 15.8. The number of halogens is 1. The van der Waals surface area contributed by atoms with Gasteiger partial charge in [0.2, 0.25) is 0 Å². The van der Waals surface area contributed by atoms with Crippen LogP contribution in [0.1, 0.15) is 5.56 Å². The molecular formula is C15H11FN6S. The number of benzene rings is 1. The highest BCUT2D eigenvalue weighted by Crippen LogP contribution is 2.22. The first-order chi connectivity index (χ1) is 11.2. The zero-order valence-electron chi connectivity index (χ0n) is 11.8. The number of hydrogen-bond acceptors (Lipinski definition) is 6. The quantitative estimate of drug-likeness (QED) is 0.626. The molecule has 0 bridgehead atoms.